The lowest BCUT2D eigenvalue weighted by atomic mass is 10.4. The fourth-order valence-corrected chi connectivity index (χ4v) is 1.07. The minimum atomic E-state index is -0.385. The van der Waals surface area contributed by atoms with Crippen LogP contribution in [0.2, 0.25) is 0 Å². The van der Waals surface area contributed by atoms with Gasteiger partial charge in [-0.2, -0.15) is 2.78 Å². The van der Waals surface area contributed by atoms with E-state index in [2.05, 4.69) is 5.10 Å². The van der Waals surface area contributed by atoms with Crippen molar-refractivity contribution in [2.75, 3.05) is 0 Å². The van der Waals surface area contributed by atoms with Crippen LogP contribution in [0.15, 0.2) is 9.59 Å². The molecule has 1 N–H and O–H groups in total. The summed E-state index contributed by atoms with van der Waals surface area (Å²) in [5.74, 6) is 0. The van der Waals surface area contributed by atoms with Crippen molar-refractivity contribution < 1.29 is 0 Å². The third-order valence-corrected chi connectivity index (χ3v) is 2.14. The van der Waals surface area contributed by atoms with Crippen LogP contribution < -0.4 is 11.4 Å². The molecule has 1 aromatic rings. The lowest BCUT2D eigenvalue weighted by Crippen LogP contribution is -2.23. The van der Waals surface area contributed by atoms with Crippen molar-refractivity contribution in [1.82, 2.24) is 12.6 Å². The number of aromatic nitrogens is 3. The highest BCUT2D eigenvalue weighted by Gasteiger charge is 2.07. The zero-order chi connectivity index (χ0) is 8.59. The summed E-state index contributed by atoms with van der Waals surface area (Å²) >= 11 is 1.66. The van der Waals surface area contributed by atoms with Crippen molar-refractivity contribution in [3.05, 3.63) is 21.0 Å². The number of H-pyrrole nitrogens is 1. The molecule has 1 heterocycles. The van der Waals surface area contributed by atoms with Crippen molar-refractivity contribution in [2.24, 2.45) is 0 Å². The molecule has 0 aliphatic carbocycles. The van der Waals surface area contributed by atoms with Crippen molar-refractivity contribution >= 4 is 22.9 Å². The van der Waals surface area contributed by atoms with Crippen molar-refractivity contribution in [1.29, 1.82) is 0 Å². The maximum absolute atomic E-state index is 11.1. The van der Waals surface area contributed by atoms with Crippen LogP contribution in [-0.4, -0.2) is 12.6 Å². The minimum absolute atomic E-state index is 0.00813. The molecule has 0 fully saturated rings. The highest BCUT2D eigenvalue weighted by Crippen LogP contribution is 1.94. The zero-order valence-electron chi connectivity index (χ0n) is 6.17. The number of nitrogens with one attached hydrogen (secondary N) is 1. The smallest absolute Gasteiger partial charge is 0.245 e. The molecule has 0 spiro atoms. The molecule has 1 aromatic heterocycles. The second kappa shape index (κ2) is 2.84. The summed E-state index contributed by atoms with van der Waals surface area (Å²) in [4.78, 5) is 22.0. The van der Waals surface area contributed by atoms with E-state index >= 15 is 0 Å². The second-order valence-corrected chi connectivity index (χ2v) is 3.41. The quantitative estimate of drug-likeness (QED) is 0.736. The summed E-state index contributed by atoms with van der Waals surface area (Å²) in [5, 5.41) is 2.42. The Kier molecular flexibility index (Phi) is 2.21. The molecular weight excluding hydrogens is 261 g/mol. The Morgan fingerprint density at radius 1 is 1.45 bits per heavy atom. The number of hydrogen-bond donors (Lipinski definition) is 1. The first-order valence-corrected chi connectivity index (χ1v) is 4.10. The predicted octanol–water partition coefficient (Wildman–Crippen LogP) is 0.117. The molecule has 0 bridgehead atoms. The van der Waals surface area contributed by atoms with Crippen molar-refractivity contribution in [2.45, 2.75) is 19.9 Å². The maximum Gasteiger partial charge on any atom is 0.356 e. The molecule has 0 saturated carbocycles. The molecule has 0 atom stereocenters. The van der Waals surface area contributed by atoms with Gasteiger partial charge < -0.3 is 0 Å². The number of rotatable bonds is 1. The lowest BCUT2D eigenvalue weighted by Gasteiger charge is -2.01. The van der Waals surface area contributed by atoms with Gasteiger partial charge in [0.15, 0.2) is 0 Å². The van der Waals surface area contributed by atoms with E-state index in [1.165, 1.54) is 4.68 Å². The number of nitrogens with zero attached hydrogens (tertiary/aromatic N) is 2. The highest BCUT2D eigenvalue weighted by atomic mass is 127. The molecule has 5 nitrogen and oxygen atoms in total. The summed E-state index contributed by atoms with van der Waals surface area (Å²) < 4.78 is 2.30. The van der Waals surface area contributed by atoms with Crippen LogP contribution >= 0.6 is 22.9 Å². The van der Waals surface area contributed by atoms with Gasteiger partial charge in [0.2, 0.25) is 0 Å². The van der Waals surface area contributed by atoms with Gasteiger partial charge in [-0.25, -0.2) is 19.4 Å². The molecule has 1 rings (SSSR count). The average Bonchev–Trinajstić information content (AvgIpc) is 2.17. The van der Waals surface area contributed by atoms with Gasteiger partial charge in [0, 0.05) is 6.04 Å². The van der Waals surface area contributed by atoms with E-state index in [9.17, 15) is 9.59 Å². The SMILES string of the molecule is CC(C)n1[nH]c(=O)n(I)c1=O. The van der Waals surface area contributed by atoms with Gasteiger partial charge >= 0.3 is 11.4 Å². The molecule has 0 unspecified atom stereocenters. The van der Waals surface area contributed by atoms with Gasteiger partial charge in [0.1, 0.15) is 0 Å². The van der Waals surface area contributed by atoms with E-state index in [-0.39, 0.29) is 17.4 Å². The summed E-state index contributed by atoms with van der Waals surface area (Å²) in [6.45, 7) is 3.65. The van der Waals surface area contributed by atoms with Crippen molar-refractivity contribution in [3.8, 4) is 0 Å². The summed E-state index contributed by atoms with van der Waals surface area (Å²) in [6.07, 6.45) is 0. The third kappa shape index (κ3) is 1.39. The first kappa shape index (κ1) is 8.57. The third-order valence-electron chi connectivity index (χ3n) is 1.28. The molecule has 6 heteroatoms. The van der Waals surface area contributed by atoms with E-state index in [1.807, 2.05) is 13.8 Å². The summed E-state index contributed by atoms with van der Waals surface area (Å²) in [6, 6.07) is -0.00813. The fraction of sp³-hybridized carbons (Fsp3) is 0.600. The number of aromatic amines is 1. The molecule has 0 aliphatic rings. The van der Waals surface area contributed by atoms with Crippen LogP contribution in [0.4, 0.5) is 0 Å². The van der Waals surface area contributed by atoms with Gasteiger partial charge in [-0.3, -0.25) is 0 Å². The van der Waals surface area contributed by atoms with Crippen LogP contribution in [0.1, 0.15) is 19.9 Å². The van der Waals surface area contributed by atoms with Crippen LogP contribution in [0.5, 0.6) is 0 Å². The molecule has 0 aromatic carbocycles. The molecule has 62 valence electrons. The maximum atomic E-state index is 11.1. The lowest BCUT2D eigenvalue weighted by molar-refractivity contribution is 0.511. The highest BCUT2D eigenvalue weighted by molar-refractivity contribution is 14.1. The Morgan fingerprint density at radius 3 is 2.18 bits per heavy atom. The van der Waals surface area contributed by atoms with E-state index in [0.29, 0.717) is 0 Å². The van der Waals surface area contributed by atoms with E-state index in [1.54, 1.807) is 22.9 Å². The Balaban J connectivity index is 3.43. The van der Waals surface area contributed by atoms with Crippen LogP contribution in [0.25, 0.3) is 0 Å². The zero-order valence-corrected chi connectivity index (χ0v) is 8.32. The monoisotopic (exact) mass is 269 g/mol. The average molecular weight is 269 g/mol. The molecule has 0 saturated heterocycles. The van der Waals surface area contributed by atoms with Crippen LogP contribution in [-0.2, 0) is 0 Å². The predicted molar refractivity (Wildman–Crippen MR) is 49.1 cm³/mol. The van der Waals surface area contributed by atoms with Crippen molar-refractivity contribution in [3.63, 3.8) is 0 Å². The standard InChI is InChI=1S/C5H8IN3O2/c1-3(2)9-5(11)8(6)4(10)7-9/h3H,1-2H3,(H,7,10). The Labute approximate surface area is 76.5 Å². The second-order valence-electron chi connectivity index (χ2n) is 2.44. The van der Waals surface area contributed by atoms with Crippen LogP contribution in [0, 0.1) is 0 Å². The number of halogens is 1. The molecular formula is C5H8IN3O2. The first-order chi connectivity index (χ1) is 5.04. The molecule has 0 amide bonds. The summed E-state index contributed by atoms with van der Waals surface area (Å²) in [7, 11) is 0. The molecule has 11 heavy (non-hydrogen) atoms. The van der Waals surface area contributed by atoms with E-state index in [0.717, 1.165) is 2.78 Å². The van der Waals surface area contributed by atoms with Gasteiger partial charge in [-0.05, 0) is 13.8 Å². The van der Waals surface area contributed by atoms with Gasteiger partial charge in [0.25, 0.3) is 0 Å². The van der Waals surface area contributed by atoms with Gasteiger partial charge in [0.05, 0.1) is 22.9 Å². The normalized spacial score (nSPS) is 10.9. The Hall–Kier alpha value is -0.530. The number of hydrogen-bond acceptors (Lipinski definition) is 2. The Morgan fingerprint density at radius 2 is 2.00 bits per heavy atom. The van der Waals surface area contributed by atoms with Gasteiger partial charge in [-0.1, -0.05) is 0 Å². The summed E-state index contributed by atoms with van der Waals surface area (Å²) in [5.41, 5.74) is -0.699. The van der Waals surface area contributed by atoms with E-state index < -0.39 is 0 Å². The largest absolute Gasteiger partial charge is 0.356 e. The Bertz CT molecular complexity index is 359. The topological polar surface area (TPSA) is 59.8 Å². The van der Waals surface area contributed by atoms with Crippen LogP contribution in [0.3, 0.4) is 0 Å². The van der Waals surface area contributed by atoms with Gasteiger partial charge in [-0.15, -0.1) is 0 Å². The minimum Gasteiger partial charge on any atom is -0.245 e. The van der Waals surface area contributed by atoms with E-state index in [4.69, 9.17) is 0 Å². The molecule has 0 radical (unpaired) electrons. The first-order valence-electron chi connectivity index (χ1n) is 3.13. The molecule has 0 aliphatic heterocycles. The fourth-order valence-electron chi connectivity index (χ4n) is 0.726.